The van der Waals surface area contributed by atoms with Crippen molar-refractivity contribution in [3.8, 4) is 0 Å². The molecule has 3 aromatic rings. The van der Waals surface area contributed by atoms with E-state index in [1.54, 1.807) is 0 Å². The summed E-state index contributed by atoms with van der Waals surface area (Å²) in [5, 5.41) is 2.43. The molecule has 4 N–H and O–H groups in total. The van der Waals surface area contributed by atoms with Gasteiger partial charge in [0.25, 0.3) is 5.56 Å². The quantitative estimate of drug-likeness (QED) is 0.552. The molecule has 1 heterocycles. The van der Waals surface area contributed by atoms with Gasteiger partial charge < -0.3 is 16.0 Å². The van der Waals surface area contributed by atoms with Crippen molar-refractivity contribution in [1.82, 2.24) is 9.55 Å². The molecular formula is C20H19ClFN5O3. The zero-order valence-corrected chi connectivity index (χ0v) is 16.7. The summed E-state index contributed by atoms with van der Waals surface area (Å²) in [6.45, 7) is -0.0881. The molecule has 8 nitrogen and oxygen atoms in total. The summed E-state index contributed by atoms with van der Waals surface area (Å²) < 4.78 is 14.5. The average molecular weight is 432 g/mol. The number of H-pyrrole nitrogens is 1. The molecule has 0 aliphatic rings. The molecule has 0 atom stereocenters. The van der Waals surface area contributed by atoms with E-state index in [2.05, 4.69) is 10.3 Å². The molecule has 156 valence electrons. The maximum Gasteiger partial charge on any atom is 0.330 e. The second-order valence-corrected chi connectivity index (χ2v) is 7.01. The number of rotatable bonds is 6. The maximum absolute atomic E-state index is 13.3. The van der Waals surface area contributed by atoms with Crippen LogP contribution in [0.2, 0.25) is 5.02 Å². The Hall–Kier alpha value is -3.59. The van der Waals surface area contributed by atoms with Crippen molar-refractivity contribution in [2.24, 2.45) is 0 Å². The highest BCUT2D eigenvalue weighted by Gasteiger charge is 2.18. The van der Waals surface area contributed by atoms with E-state index >= 15 is 0 Å². The van der Waals surface area contributed by atoms with Gasteiger partial charge in [-0.1, -0.05) is 41.9 Å². The van der Waals surface area contributed by atoms with Crippen LogP contribution in [-0.4, -0.2) is 29.1 Å². The van der Waals surface area contributed by atoms with Crippen LogP contribution in [-0.2, 0) is 11.3 Å². The van der Waals surface area contributed by atoms with Crippen LogP contribution in [0.15, 0.2) is 58.1 Å². The third kappa shape index (κ3) is 4.69. The van der Waals surface area contributed by atoms with Crippen molar-refractivity contribution in [3.63, 3.8) is 0 Å². The van der Waals surface area contributed by atoms with Gasteiger partial charge in [-0.3, -0.25) is 19.1 Å². The minimum atomic E-state index is -0.707. The molecule has 0 aliphatic heterocycles. The fraction of sp³-hybridized carbons (Fsp3) is 0.150. The molecule has 0 radical (unpaired) electrons. The summed E-state index contributed by atoms with van der Waals surface area (Å²) in [4.78, 5) is 40.5. The predicted octanol–water partition coefficient (Wildman–Crippen LogP) is 2.03. The highest BCUT2D eigenvalue weighted by atomic mass is 35.5. The lowest BCUT2D eigenvalue weighted by Crippen LogP contribution is -2.39. The number of nitrogens with zero attached hydrogens (tertiary/aromatic N) is 2. The molecule has 0 unspecified atom stereocenters. The molecule has 2 aromatic carbocycles. The van der Waals surface area contributed by atoms with Crippen LogP contribution in [0.5, 0.6) is 0 Å². The molecule has 1 aromatic heterocycles. The van der Waals surface area contributed by atoms with Crippen LogP contribution < -0.4 is 27.2 Å². The fourth-order valence-corrected chi connectivity index (χ4v) is 3.12. The number of carbonyl (C=O) groups is 1. The first kappa shape index (κ1) is 21.1. The minimum Gasteiger partial charge on any atom is -0.383 e. The summed E-state index contributed by atoms with van der Waals surface area (Å²) in [5.41, 5.74) is 5.86. The molecule has 10 heteroatoms. The molecule has 0 saturated carbocycles. The summed E-state index contributed by atoms with van der Waals surface area (Å²) in [6.07, 6.45) is 0. The van der Waals surface area contributed by atoms with Gasteiger partial charge in [-0.25, -0.2) is 9.18 Å². The van der Waals surface area contributed by atoms with Crippen LogP contribution in [0.25, 0.3) is 0 Å². The van der Waals surface area contributed by atoms with Gasteiger partial charge in [0.1, 0.15) is 17.3 Å². The van der Waals surface area contributed by atoms with Crippen molar-refractivity contribution in [2.75, 3.05) is 29.5 Å². The van der Waals surface area contributed by atoms with Gasteiger partial charge in [0.05, 0.1) is 18.1 Å². The topological polar surface area (TPSA) is 113 Å². The first-order valence-electron chi connectivity index (χ1n) is 8.89. The second-order valence-electron chi connectivity index (χ2n) is 6.60. The minimum absolute atomic E-state index is 0.0159. The van der Waals surface area contributed by atoms with Gasteiger partial charge in [-0.05, 0) is 23.8 Å². The SMILES string of the molecule is CN(CC(=O)Nc1ccc(F)c(Cl)c1)c1c(N)n(Cc2ccccc2)c(=O)[nH]c1=O. The van der Waals surface area contributed by atoms with Gasteiger partial charge >= 0.3 is 5.69 Å². The smallest absolute Gasteiger partial charge is 0.330 e. The Labute approximate surface area is 175 Å². The third-order valence-corrected chi connectivity index (χ3v) is 4.65. The lowest BCUT2D eigenvalue weighted by molar-refractivity contribution is -0.114. The molecule has 0 saturated heterocycles. The predicted molar refractivity (Wildman–Crippen MR) is 115 cm³/mol. The highest BCUT2D eigenvalue weighted by molar-refractivity contribution is 6.31. The van der Waals surface area contributed by atoms with Crippen molar-refractivity contribution in [1.29, 1.82) is 0 Å². The van der Waals surface area contributed by atoms with E-state index in [-0.39, 0.29) is 29.6 Å². The molecule has 1 amide bonds. The molecular weight excluding hydrogens is 413 g/mol. The van der Waals surface area contributed by atoms with Gasteiger partial charge in [0.2, 0.25) is 5.91 Å². The van der Waals surface area contributed by atoms with Gasteiger partial charge in [0, 0.05) is 12.7 Å². The molecule has 30 heavy (non-hydrogen) atoms. The molecule has 0 fully saturated rings. The number of nitrogen functional groups attached to an aromatic ring is 1. The number of aromatic amines is 1. The number of anilines is 3. The van der Waals surface area contributed by atoms with E-state index in [1.807, 2.05) is 30.3 Å². The number of nitrogens with two attached hydrogens (primary N) is 1. The van der Waals surface area contributed by atoms with Gasteiger partial charge in [-0.15, -0.1) is 0 Å². The Morgan fingerprint density at radius 1 is 1.23 bits per heavy atom. The standard InChI is InChI=1S/C20H19ClFN5O3/c1-26(11-16(28)24-13-7-8-15(22)14(21)9-13)17-18(23)27(20(30)25-19(17)29)10-12-5-3-2-4-6-12/h2-9H,10-11,23H2,1H3,(H,24,28)(H,25,29,30). The number of benzene rings is 2. The highest BCUT2D eigenvalue weighted by Crippen LogP contribution is 2.20. The van der Waals surface area contributed by atoms with E-state index in [1.165, 1.54) is 28.6 Å². The van der Waals surface area contributed by atoms with Crippen LogP contribution in [0.1, 0.15) is 5.56 Å². The number of nitrogens with one attached hydrogen (secondary N) is 2. The lowest BCUT2D eigenvalue weighted by Gasteiger charge is -2.21. The normalized spacial score (nSPS) is 10.6. The number of hydrogen-bond donors (Lipinski definition) is 3. The van der Waals surface area contributed by atoms with Crippen LogP contribution >= 0.6 is 11.6 Å². The number of likely N-dealkylation sites (N-methyl/N-ethyl adjacent to an activating group) is 1. The number of aromatic nitrogens is 2. The van der Waals surface area contributed by atoms with Crippen molar-refractivity contribution < 1.29 is 9.18 Å². The van der Waals surface area contributed by atoms with Crippen molar-refractivity contribution in [3.05, 3.63) is 85.8 Å². The lowest BCUT2D eigenvalue weighted by atomic mass is 10.2. The summed E-state index contributed by atoms with van der Waals surface area (Å²) in [7, 11) is 1.50. The summed E-state index contributed by atoms with van der Waals surface area (Å²) >= 11 is 5.71. The third-order valence-electron chi connectivity index (χ3n) is 4.36. The van der Waals surface area contributed by atoms with Crippen LogP contribution in [0, 0.1) is 5.82 Å². The van der Waals surface area contributed by atoms with E-state index in [0.29, 0.717) is 5.69 Å². The van der Waals surface area contributed by atoms with E-state index in [9.17, 15) is 18.8 Å². The first-order valence-corrected chi connectivity index (χ1v) is 9.26. The van der Waals surface area contributed by atoms with Crippen molar-refractivity contribution >= 4 is 34.7 Å². The maximum atomic E-state index is 13.3. The molecule has 3 rings (SSSR count). The monoisotopic (exact) mass is 431 g/mol. The fourth-order valence-electron chi connectivity index (χ4n) is 2.94. The second kappa shape index (κ2) is 8.83. The number of carbonyl (C=O) groups excluding carboxylic acids is 1. The molecule has 0 bridgehead atoms. The largest absolute Gasteiger partial charge is 0.383 e. The van der Waals surface area contributed by atoms with Crippen LogP contribution in [0.3, 0.4) is 0 Å². The summed E-state index contributed by atoms with van der Waals surface area (Å²) in [6, 6.07) is 12.9. The Balaban J connectivity index is 1.82. The van der Waals surface area contributed by atoms with Crippen LogP contribution in [0.4, 0.5) is 21.6 Å². The molecule has 0 spiro atoms. The molecule has 0 aliphatic carbocycles. The zero-order valence-electron chi connectivity index (χ0n) is 16.0. The van der Waals surface area contributed by atoms with E-state index in [0.717, 1.165) is 11.6 Å². The van der Waals surface area contributed by atoms with E-state index < -0.39 is 23.0 Å². The van der Waals surface area contributed by atoms with Gasteiger partial charge in [0.15, 0.2) is 0 Å². The summed E-state index contributed by atoms with van der Waals surface area (Å²) in [5.74, 6) is -1.15. The van der Waals surface area contributed by atoms with Crippen molar-refractivity contribution in [2.45, 2.75) is 6.54 Å². The zero-order chi connectivity index (χ0) is 21.8. The Bertz CT molecular complexity index is 1190. The number of halogens is 2. The first-order chi connectivity index (χ1) is 14.3. The Kier molecular flexibility index (Phi) is 6.22. The number of amides is 1. The van der Waals surface area contributed by atoms with Gasteiger partial charge in [-0.2, -0.15) is 0 Å². The Morgan fingerprint density at radius 2 is 1.93 bits per heavy atom. The number of hydrogen-bond acceptors (Lipinski definition) is 5. The Morgan fingerprint density at radius 3 is 2.60 bits per heavy atom. The van der Waals surface area contributed by atoms with E-state index in [4.69, 9.17) is 17.3 Å². The average Bonchev–Trinajstić information content (AvgIpc) is 2.68.